The first-order valence-electron chi connectivity index (χ1n) is 6.10. The van der Waals surface area contributed by atoms with Gasteiger partial charge in [0.1, 0.15) is 6.54 Å². The van der Waals surface area contributed by atoms with Crippen LogP contribution in [-0.4, -0.2) is 39.6 Å². The van der Waals surface area contributed by atoms with Crippen LogP contribution in [0.2, 0.25) is 0 Å². The summed E-state index contributed by atoms with van der Waals surface area (Å²) in [7, 11) is 0. The van der Waals surface area contributed by atoms with Crippen LogP contribution in [0.3, 0.4) is 0 Å². The summed E-state index contributed by atoms with van der Waals surface area (Å²) in [4.78, 5) is 28.0. The zero-order valence-electron chi connectivity index (χ0n) is 11.3. The van der Waals surface area contributed by atoms with Gasteiger partial charge in [0.05, 0.1) is 6.04 Å². The van der Waals surface area contributed by atoms with Gasteiger partial charge in [-0.05, 0) is 32.4 Å². The highest BCUT2D eigenvalue weighted by molar-refractivity contribution is 5.80. The molecule has 0 spiro atoms. The van der Waals surface area contributed by atoms with Crippen molar-refractivity contribution in [2.75, 3.05) is 6.54 Å². The van der Waals surface area contributed by atoms with Gasteiger partial charge in [0, 0.05) is 18.4 Å². The lowest BCUT2D eigenvalue weighted by molar-refractivity contribution is -0.138. The first-order valence-corrected chi connectivity index (χ1v) is 6.10. The zero-order chi connectivity index (χ0) is 14.4. The van der Waals surface area contributed by atoms with Gasteiger partial charge in [0.15, 0.2) is 0 Å². The Morgan fingerprint density at radius 2 is 2.11 bits per heavy atom. The lowest BCUT2D eigenvalue weighted by Gasteiger charge is -2.27. The largest absolute Gasteiger partial charge is 0.480 e. The second-order valence-corrected chi connectivity index (χ2v) is 4.57. The quantitative estimate of drug-likeness (QED) is 0.848. The predicted octanol–water partition coefficient (Wildman–Crippen LogP) is 1.65. The number of carboxylic acids is 1. The fourth-order valence-corrected chi connectivity index (χ4v) is 1.62. The summed E-state index contributed by atoms with van der Waals surface area (Å²) in [6.45, 7) is 5.06. The third-order valence-electron chi connectivity index (χ3n) is 2.71. The van der Waals surface area contributed by atoms with Crippen molar-refractivity contribution in [3.8, 4) is 0 Å². The van der Waals surface area contributed by atoms with Crippen molar-refractivity contribution in [1.82, 2.24) is 15.2 Å². The number of amides is 2. The predicted molar refractivity (Wildman–Crippen MR) is 70.7 cm³/mol. The van der Waals surface area contributed by atoms with E-state index in [0.29, 0.717) is 0 Å². The summed E-state index contributed by atoms with van der Waals surface area (Å²) in [5.41, 5.74) is 0.870. The van der Waals surface area contributed by atoms with Gasteiger partial charge < -0.3 is 15.3 Å². The number of rotatable bonds is 5. The Kier molecular flexibility index (Phi) is 5.29. The molecular formula is C13H19N3O3. The molecule has 2 N–H and O–H groups in total. The second-order valence-electron chi connectivity index (χ2n) is 4.57. The molecule has 6 nitrogen and oxygen atoms in total. The Morgan fingerprint density at radius 1 is 1.42 bits per heavy atom. The van der Waals surface area contributed by atoms with Crippen LogP contribution in [0.5, 0.6) is 0 Å². The molecule has 0 radical (unpaired) electrons. The molecule has 2 amide bonds. The number of aliphatic carboxylic acids is 1. The number of nitrogens with zero attached hydrogens (tertiary/aromatic N) is 2. The fraction of sp³-hybridized carbons (Fsp3) is 0.462. The Bertz CT molecular complexity index is 434. The van der Waals surface area contributed by atoms with Gasteiger partial charge in [-0.2, -0.15) is 0 Å². The SMILES string of the molecule is CC(NC(=O)N(CC(=O)O)C(C)C)c1cccnc1. The second kappa shape index (κ2) is 6.72. The molecule has 0 aliphatic carbocycles. The molecule has 0 fully saturated rings. The lowest BCUT2D eigenvalue weighted by atomic mass is 10.1. The first kappa shape index (κ1) is 14.9. The fourth-order valence-electron chi connectivity index (χ4n) is 1.62. The van der Waals surface area contributed by atoms with Crippen molar-refractivity contribution in [3.05, 3.63) is 30.1 Å². The highest BCUT2D eigenvalue weighted by Crippen LogP contribution is 2.11. The molecule has 6 heteroatoms. The van der Waals surface area contributed by atoms with Crippen molar-refractivity contribution in [3.63, 3.8) is 0 Å². The van der Waals surface area contributed by atoms with Gasteiger partial charge in [-0.1, -0.05) is 6.07 Å². The number of hydrogen-bond acceptors (Lipinski definition) is 3. The Morgan fingerprint density at radius 3 is 2.58 bits per heavy atom. The van der Waals surface area contributed by atoms with E-state index in [1.807, 2.05) is 13.0 Å². The minimum absolute atomic E-state index is 0.183. The summed E-state index contributed by atoms with van der Waals surface area (Å²) in [5, 5.41) is 11.6. The monoisotopic (exact) mass is 265 g/mol. The van der Waals surface area contributed by atoms with Gasteiger partial charge in [-0.15, -0.1) is 0 Å². The van der Waals surface area contributed by atoms with E-state index in [2.05, 4.69) is 10.3 Å². The highest BCUT2D eigenvalue weighted by atomic mass is 16.4. The average Bonchev–Trinajstić information content (AvgIpc) is 2.36. The number of aromatic nitrogens is 1. The van der Waals surface area contributed by atoms with E-state index < -0.39 is 12.0 Å². The minimum Gasteiger partial charge on any atom is -0.480 e. The molecule has 19 heavy (non-hydrogen) atoms. The maximum atomic E-state index is 12.0. The minimum atomic E-state index is -1.03. The van der Waals surface area contributed by atoms with Crippen LogP contribution in [-0.2, 0) is 4.79 Å². The number of nitrogens with one attached hydrogen (secondary N) is 1. The standard InChI is InChI=1S/C13H19N3O3/c1-9(2)16(8-12(17)18)13(19)15-10(3)11-5-4-6-14-7-11/h4-7,9-10H,8H2,1-3H3,(H,15,19)(H,17,18). The van der Waals surface area contributed by atoms with Crippen LogP contribution in [0.15, 0.2) is 24.5 Å². The highest BCUT2D eigenvalue weighted by Gasteiger charge is 2.21. The molecule has 1 unspecified atom stereocenters. The zero-order valence-corrected chi connectivity index (χ0v) is 11.3. The van der Waals surface area contributed by atoms with Gasteiger partial charge in [-0.25, -0.2) is 4.79 Å². The summed E-state index contributed by atoms with van der Waals surface area (Å²) < 4.78 is 0. The van der Waals surface area contributed by atoms with E-state index in [9.17, 15) is 9.59 Å². The molecule has 1 heterocycles. The third kappa shape index (κ3) is 4.57. The number of hydrogen-bond donors (Lipinski definition) is 2. The van der Waals surface area contributed by atoms with E-state index in [4.69, 9.17) is 5.11 Å². The van der Waals surface area contributed by atoms with Crippen LogP contribution in [0.4, 0.5) is 4.79 Å². The molecule has 1 atom stereocenters. The topological polar surface area (TPSA) is 82.5 Å². The van der Waals surface area contributed by atoms with E-state index >= 15 is 0 Å². The van der Waals surface area contributed by atoms with E-state index in [1.165, 1.54) is 4.90 Å². The molecule has 104 valence electrons. The van der Waals surface area contributed by atoms with E-state index in [-0.39, 0.29) is 18.6 Å². The molecule has 0 saturated carbocycles. The van der Waals surface area contributed by atoms with Crippen molar-refractivity contribution < 1.29 is 14.7 Å². The van der Waals surface area contributed by atoms with Gasteiger partial charge in [0.2, 0.25) is 0 Å². The molecule has 1 rings (SSSR count). The number of carboxylic acid groups (broad SMARTS) is 1. The van der Waals surface area contributed by atoms with E-state index in [1.54, 1.807) is 32.3 Å². The number of carbonyl (C=O) groups is 2. The summed E-state index contributed by atoms with van der Waals surface area (Å²) >= 11 is 0. The maximum absolute atomic E-state index is 12.0. The lowest BCUT2D eigenvalue weighted by Crippen LogP contribution is -2.47. The molecule has 0 saturated heterocycles. The van der Waals surface area contributed by atoms with Crippen LogP contribution in [0.1, 0.15) is 32.4 Å². The summed E-state index contributed by atoms with van der Waals surface area (Å²) in [6.07, 6.45) is 3.32. The third-order valence-corrected chi connectivity index (χ3v) is 2.71. The Labute approximate surface area is 112 Å². The van der Waals surface area contributed by atoms with Crippen LogP contribution >= 0.6 is 0 Å². The molecular weight excluding hydrogens is 246 g/mol. The Balaban J connectivity index is 2.69. The van der Waals surface area contributed by atoms with E-state index in [0.717, 1.165) is 5.56 Å². The summed E-state index contributed by atoms with van der Waals surface area (Å²) in [5.74, 6) is -1.03. The van der Waals surface area contributed by atoms with Gasteiger partial charge >= 0.3 is 12.0 Å². The molecule has 1 aromatic heterocycles. The Hall–Kier alpha value is -2.11. The molecule has 0 bridgehead atoms. The van der Waals surface area contributed by atoms with Crippen molar-refractivity contribution in [1.29, 1.82) is 0 Å². The van der Waals surface area contributed by atoms with Crippen molar-refractivity contribution >= 4 is 12.0 Å². The van der Waals surface area contributed by atoms with Crippen LogP contribution in [0, 0.1) is 0 Å². The molecule has 0 aliphatic rings. The smallest absolute Gasteiger partial charge is 0.323 e. The van der Waals surface area contributed by atoms with Crippen molar-refractivity contribution in [2.24, 2.45) is 0 Å². The summed E-state index contributed by atoms with van der Waals surface area (Å²) in [6, 6.07) is 2.84. The number of pyridine rings is 1. The average molecular weight is 265 g/mol. The van der Waals surface area contributed by atoms with Crippen molar-refractivity contribution in [2.45, 2.75) is 32.9 Å². The molecule has 1 aromatic rings. The first-order chi connectivity index (χ1) is 8.91. The number of carbonyl (C=O) groups excluding carboxylic acids is 1. The normalized spacial score (nSPS) is 12.0. The van der Waals surface area contributed by atoms with Crippen LogP contribution < -0.4 is 5.32 Å². The van der Waals surface area contributed by atoms with Gasteiger partial charge in [-0.3, -0.25) is 9.78 Å². The van der Waals surface area contributed by atoms with Crippen LogP contribution in [0.25, 0.3) is 0 Å². The maximum Gasteiger partial charge on any atom is 0.323 e. The number of urea groups is 1. The molecule has 0 aromatic carbocycles. The van der Waals surface area contributed by atoms with Gasteiger partial charge in [0.25, 0.3) is 0 Å². The molecule has 0 aliphatic heterocycles.